The molecule has 0 rings (SSSR count). The largest absolute Gasteiger partial charge is 0.462 e. The Morgan fingerprint density at radius 1 is 0.514 bits per heavy atom. The van der Waals surface area contributed by atoms with Gasteiger partial charge in [-0.05, 0) is 19.3 Å². The van der Waals surface area contributed by atoms with Gasteiger partial charge in [-0.15, -0.1) is 0 Å². The van der Waals surface area contributed by atoms with E-state index in [0.29, 0.717) is 12.2 Å². The van der Waals surface area contributed by atoms with Gasteiger partial charge >= 0.3 is 5.97 Å². The van der Waals surface area contributed by atoms with Gasteiger partial charge in [0.15, 0.2) is 0 Å². The molecule has 0 saturated carbocycles. The summed E-state index contributed by atoms with van der Waals surface area (Å²) in [7, 11) is 0. The van der Waals surface area contributed by atoms with E-state index < -0.39 is 0 Å². The van der Waals surface area contributed by atoms with Crippen molar-refractivity contribution in [3.8, 4) is 0 Å². The molecule has 0 aliphatic rings. The Hall–Kier alpha value is -0.790. The lowest BCUT2D eigenvalue weighted by atomic mass is 10.0. The highest BCUT2D eigenvalue weighted by atomic mass is 16.5. The minimum absolute atomic E-state index is 0.251. The highest BCUT2D eigenvalue weighted by Gasteiger charge is 2.02. The van der Waals surface area contributed by atoms with E-state index in [9.17, 15) is 4.79 Å². The van der Waals surface area contributed by atoms with Crippen LogP contribution in [-0.2, 0) is 9.53 Å². The molecular weight excluding hydrogens is 428 g/mol. The summed E-state index contributed by atoms with van der Waals surface area (Å²) in [5.74, 6) is 0.636. The van der Waals surface area contributed by atoms with Crippen LogP contribution in [0.15, 0.2) is 12.2 Å². The third kappa shape index (κ3) is 29.3. The van der Waals surface area contributed by atoms with Crippen LogP contribution in [0, 0.1) is 5.92 Å². The minimum Gasteiger partial charge on any atom is -0.462 e. The summed E-state index contributed by atoms with van der Waals surface area (Å²) in [6, 6.07) is 0. The van der Waals surface area contributed by atoms with Crippen LogP contribution in [0.2, 0.25) is 0 Å². The van der Waals surface area contributed by atoms with E-state index in [0.717, 1.165) is 12.3 Å². The fraction of sp³-hybridized carbons (Fsp3) is 0.909. The molecule has 0 N–H and O–H groups in total. The molecule has 208 valence electrons. The Kier molecular flexibility index (Phi) is 27.2. The third-order valence-electron chi connectivity index (χ3n) is 7.26. The minimum atomic E-state index is -0.251. The zero-order valence-corrected chi connectivity index (χ0v) is 24.5. The highest BCUT2D eigenvalue weighted by molar-refractivity contribution is 5.86. The Morgan fingerprint density at radius 3 is 1.03 bits per heavy atom. The SMILES string of the molecule is C=C(C)C(=O)OCCCCCCCCCCCCCCCCCCCCCCCCCCC(C)C. The maximum Gasteiger partial charge on any atom is 0.333 e. The van der Waals surface area contributed by atoms with Gasteiger partial charge in [-0.3, -0.25) is 0 Å². The van der Waals surface area contributed by atoms with Gasteiger partial charge in [0.1, 0.15) is 0 Å². The van der Waals surface area contributed by atoms with Crippen molar-refractivity contribution in [3.05, 3.63) is 12.2 Å². The van der Waals surface area contributed by atoms with E-state index in [-0.39, 0.29) is 5.97 Å². The standard InChI is InChI=1S/C33H64O2/c1-31(2)29-27-25-23-21-19-17-15-13-11-9-7-5-6-8-10-12-14-16-18-20-22-24-26-28-30-35-33(34)32(3)4/h31H,3,5-30H2,1-2,4H3. The molecule has 0 atom stereocenters. The first-order valence-electron chi connectivity index (χ1n) is 15.9. The van der Waals surface area contributed by atoms with Crippen LogP contribution < -0.4 is 0 Å². The second-order valence-corrected chi connectivity index (χ2v) is 11.6. The summed E-state index contributed by atoms with van der Waals surface area (Å²) in [6.07, 6.45) is 35.1. The number of ether oxygens (including phenoxy) is 1. The fourth-order valence-electron chi connectivity index (χ4n) is 4.83. The maximum atomic E-state index is 11.3. The van der Waals surface area contributed by atoms with E-state index >= 15 is 0 Å². The van der Waals surface area contributed by atoms with Gasteiger partial charge in [0, 0.05) is 5.57 Å². The van der Waals surface area contributed by atoms with Crippen LogP contribution in [0.1, 0.15) is 181 Å². The molecule has 0 aliphatic carbocycles. The van der Waals surface area contributed by atoms with Gasteiger partial charge in [0.2, 0.25) is 0 Å². The molecule has 0 radical (unpaired) electrons. The predicted molar refractivity (Wildman–Crippen MR) is 156 cm³/mol. The van der Waals surface area contributed by atoms with Crippen molar-refractivity contribution in [1.29, 1.82) is 0 Å². The lowest BCUT2D eigenvalue weighted by Crippen LogP contribution is -2.05. The van der Waals surface area contributed by atoms with Crippen molar-refractivity contribution in [2.75, 3.05) is 6.61 Å². The number of unbranched alkanes of at least 4 members (excludes halogenated alkanes) is 23. The number of carbonyl (C=O) groups is 1. The van der Waals surface area contributed by atoms with Gasteiger partial charge in [0.25, 0.3) is 0 Å². The zero-order valence-electron chi connectivity index (χ0n) is 24.5. The quantitative estimate of drug-likeness (QED) is 0.0616. The molecule has 0 saturated heterocycles. The lowest BCUT2D eigenvalue weighted by Gasteiger charge is -2.05. The summed E-state index contributed by atoms with van der Waals surface area (Å²) in [5.41, 5.74) is 0.495. The topological polar surface area (TPSA) is 26.3 Å². The summed E-state index contributed by atoms with van der Waals surface area (Å²) in [5, 5.41) is 0. The van der Waals surface area contributed by atoms with Gasteiger partial charge < -0.3 is 4.74 Å². The third-order valence-corrected chi connectivity index (χ3v) is 7.26. The zero-order chi connectivity index (χ0) is 25.8. The molecule has 0 bridgehead atoms. The van der Waals surface area contributed by atoms with E-state index in [4.69, 9.17) is 4.74 Å². The molecule has 0 fully saturated rings. The van der Waals surface area contributed by atoms with Gasteiger partial charge in [-0.2, -0.15) is 0 Å². The first-order valence-corrected chi connectivity index (χ1v) is 15.9. The van der Waals surface area contributed by atoms with Crippen molar-refractivity contribution in [2.24, 2.45) is 5.92 Å². The van der Waals surface area contributed by atoms with Crippen molar-refractivity contribution in [1.82, 2.24) is 0 Å². The second kappa shape index (κ2) is 27.8. The molecule has 0 heterocycles. The number of hydrogen-bond donors (Lipinski definition) is 0. The Bertz CT molecular complexity index is 454. The molecule has 0 aromatic rings. The number of carbonyl (C=O) groups excluding carboxylic acids is 1. The van der Waals surface area contributed by atoms with Crippen molar-refractivity contribution in [3.63, 3.8) is 0 Å². The lowest BCUT2D eigenvalue weighted by molar-refractivity contribution is -0.139. The van der Waals surface area contributed by atoms with E-state index in [1.165, 1.54) is 154 Å². The van der Waals surface area contributed by atoms with E-state index in [1.54, 1.807) is 6.92 Å². The van der Waals surface area contributed by atoms with E-state index in [2.05, 4.69) is 20.4 Å². The average molecular weight is 493 g/mol. The molecule has 0 aromatic carbocycles. The molecule has 0 aliphatic heterocycles. The molecule has 0 aromatic heterocycles. The van der Waals surface area contributed by atoms with Crippen molar-refractivity contribution < 1.29 is 9.53 Å². The van der Waals surface area contributed by atoms with Crippen molar-refractivity contribution in [2.45, 2.75) is 181 Å². The first-order chi connectivity index (χ1) is 17.0. The van der Waals surface area contributed by atoms with Gasteiger partial charge in [-0.25, -0.2) is 4.79 Å². The smallest absolute Gasteiger partial charge is 0.333 e. The average Bonchev–Trinajstić information content (AvgIpc) is 2.83. The Labute approximate surface area is 221 Å². The van der Waals surface area contributed by atoms with Crippen LogP contribution in [0.5, 0.6) is 0 Å². The second-order valence-electron chi connectivity index (χ2n) is 11.6. The monoisotopic (exact) mass is 492 g/mol. The van der Waals surface area contributed by atoms with Gasteiger partial charge in [-0.1, -0.05) is 175 Å². The molecular formula is C33H64O2. The van der Waals surface area contributed by atoms with Crippen LogP contribution in [-0.4, -0.2) is 12.6 Å². The molecule has 2 nitrogen and oxygen atoms in total. The van der Waals surface area contributed by atoms with E-state index in [1.807, 2.05) is 0 Å². The van der Waals surface area contributed by atoms with Crippen LogP contribution in [0.25, 0.3) is 0 Å². The summed E-state index contributed by atoms with van der Waals surface area (Å²) in [6.45, 7) is 10.5. The highest BCUT2D eigenvalue weighted by Crippen LogP contribution is 2.16. The van der Waals surface area contributed by atoms with Crippen LogP contribution in [0.4, 0.5) is 0 Å². The molecule has 35 heavy (non-hydrogen) atoms. The first kappa shape index (κ1) is 34.2. The fourth-order valence-corrected chi connectivity index (χ4v) is 4.83. The normalized spacial score (nSPS) is 11.3. The number of hydrogen-bond acceptors (Lipinski definition) is 2. The number of rotatable bonds is 28. The Morgan fingerprint density at radius 2 is 0.771 bits per heavy atom. The van der Waals surface area contributed by atoms with Crippen molar-refractivity contribution >= 4 is 5.97 Å². The maximum absolute atomic E-state index is 11.3. The summed E-state index contributed by atoms with van der Waals surface area (Å²) >= 11 is 0. The van der Waals surface area contributed by atoms with Crippen LogP contribution in [0.3, 0.4) is 0 Å². The molecule has 2 heteroatoms. The summed E-state index contributed by atoms with van der Waals surface area (Å²) < 4.78 is 5.12. The number of esters is 1. The van der Waals surface area contributed by atoms with Gasteiger partial charge in [0.05, 0.1) is 6.61 Å². The Balaban J connectivity index is 3.06. The van der Waals surface area contributed by atoms with Crippen LogP contribution >= 0.6 is 0 Å². The summed E-state index contributed by atoms with van der Waals surface area (Å²) in [4.78, 5) is 11.3. The molecule has 0 unspecified atom stereocenters. The molecule has 0 spiro atoms. The molecule has 0 amide bonds. The predicted octanol–water partition coefficient (Wildman–Crippen LogP) is 11.5.